The van der Waals surface area contributed by atoms with Gasteiger partial charge in [-0.15, -0.1) is 0 Å². The third-order valence-electron chi connectivity index (χ3n) is 4.37. The molecule has 0 unspecified atom stereocenters. The molecule has 0 aliphatic carbocycles. The molecule has 0 fully saturated rings. The number of hydrogen-bond donors (Lipinski definition) is 1. The molecule has 1 N–H and O–H groups in total. The van der Waals surface area contributed by atoms with Gasteiger partial charge in [-0.05, 0) is 49.0 Å². The first-order chi connectivity index (χ1) is 13.8. The number of methoxy groups -OCH3 is 2. The fourth-order valence-electron chi connectivity index (χ4n) is 2.98. The van der Waals surface area contributed by atoms with Crippen molar-refractivity contribution < 1.29 is 22.6 Å². The standard InChI is InChI=1S/C19H18F3N3O3S/c1-27-9-3-8-25-16-15(17(26)24-18(25)29)13(19(20,21)22)10-14(23-16)11-4-6-12(28-2)7-5-11/h4-7,10H,3,8-9H2,1-2H3,(H,24,26,29). The van der Waals surface area contributed by atoms with Crippen LogP contribution < -0.4 is 10.3 Å². The molecule has 0 saturated heterocycles. The molecule has 154 valence electrons. The van der Waals surface area contributed by atoms with E-state index in [1.807, 2.05) is 0 Å². The maximum atomic E-state index is 13.8. The second-order valence-electron chi connectivity index (χ2n) is 6.24. The Morgan fingerprint density at radius 2 is 1.90 bits per heavy atom. The minimum absolute atomic E-state index is 0.00566. The van der Waals surface area contributed by atoms with Gasteiger partial charge in [0, 0.05) is 25.8 Å². The highest BCUT2D eigenvalue weighted by Crippen LogP contribution is 2.35. The summed E-state index contributed by atoms with van der Waals surface area (Å²) in [5, 5.41) is -0.541. The predicted octanol–water partition coefficient (Wildman–Crippen LogP) is 4.18. The van der Waals surface area contributed by atoms with Crippen LogP contribution in [-0.4, -0.2) is 35.4 Å². The normalized spacial score (nSPS) is 11.8. The highest BCUT2D eigenvalue weighted by atomic mass is 32.1. The summed E-state index contributed by atoms with van der Waals surface area (Å²) in [6.45, 7) is 0.628. The number of H-pyrrole nitrogens is 1. The Morgan fingerprint density at radius 1 is 1.21 bits per heavy atom. The van der Waals surface area contributed by atoms with Crippen molar-refractivity contribution in [3.63, 3.8) is 0 Å². The SMILES string of the molecule is COCCCn1c(=S)[nH]c(=O)c2c(C(F)(F)F)cc(-c3ccc(OC)cc3)nc21. The molecule has 2 heterocycles. The summed E-state index contributed by atoms with van der Waals surface area (Å²) in [5.74, 6) is 0.560. The first kappa shape index (κ1) is 21.0. The number of nitrogens with zero attached hydrogens (tertiary/aromatic N) is 2. The van der Waals surface area contributed by atoms with Crippen LogP contribution >= 0.6 is 12.2 Å². The number of halogens is 3. The molecular formula is C19H18F3N3O3S. The van der Waals surface area contributed by atoms with Crippen LogP contribution in [-0.2, 0) is 17.5 Å². The number of ether oxygens (including phenoxy) is 2. The maximum absolute atomic E-state index is 13.8. The molecule has 0 saturated carbocycles. The molecule has 0 bridgehead atoms. The molecule has 0 radical (unpaired) electrons. The summed E-state index contributed by atoms with van der Waals surface area (Å²) in [4.78, 5) is 19.1. The summed E-state index contributed by atoms with van der Waals surface area (Å²) in [5.41, 5.74) is -1.57. The Hall–Kier alpha value is -2.72. The lowest BCUT2D eigenvalue weighted by Gasteiger charge is -2.16. The van der Waals surface area contributed by atoms with Crippen molar-refractivity contribution >= 4 is 23.3 Å². The lowest BCUT2D eigenvalue weighted by Crippen LogP contribution is -2.21. The van der Waals surface area contributed by atoms with Crippen LogP contribution in [0.15, 0.2) is 35.1 Å². The summed E-state index contributed by atoms with van der Waals surface area (Å²) in [6, 6.07) is 7.32. The zero-order chi connectivity index (χ0) is 21.2. The van der Waals surface area contributed by atoms with Gasteiger partial charge >= 0.3 is 6.18 Å². The van der Waals surface area contributed by atoms with Crippen molar-refractivity contribution in [1.82, 2.24) is 14.5 Å². The van der Waals surface area contributed by atoms with Crippen molar-refractivity contribution in [3.8, 4) is 17.0 Å². The van der Waals surface area contributed by atoms with Gasteiger partial charge in [-0.1, -0.05) is 0 Å². The van der Waals surface area contributed by atoms with Gasteiger partial charge < -0.3 is 14.0 Å². The molecule has 3 aromatic rings. The van der Waals surface area contributed by atoms with Crippen LogP contribution in [0.5, 0.6) is 5.75 Å². The van der Waals surface area contributed by atoms with E-state index in [9.17, 15) is 18.0 Å². The highest BCUT2D eigenvalue weighted by molar-refractivity contribution is 7.71. The van der Waals surface area contributed by atoms with Crippen LogP contribution in [0, 0.1) is 4.77 Å². The quantitative estimate of drug-likeness (QED) is 0.474. The number of alkyl halides is 3. The fraction of sp³-hybridized carbons (Fsp3) is 0.316. The minimum Gasteiger partial charge on any atom is -0.497 e. The molecule has 0 spiro atoms. The van der Waals surface area contributed by atoms with Gasteiger partial charge in [-0.2, -0.15) is 13.2 Å². The average Bonchev–Trinajstić information content (AvgIpc) is 2.69. The summed E-state index contributed by atoms with van der Waals surface area (Å²) in [6.07, 6.45) is -4.26. The van der Waals surface area contributed by atoms with Crippen LogP contribution in [0.4, 0.5) is 13.2 Å². The van der Waals surface area contributed by atoms with Crippen LogP contribution in [0.3, 0.4) is 0 Å². The van der Waals surface area contributed by atoms with Crippen LogP contribution in [0.1, 0.15) is 12.0 Å². The van der Waals surface area contributed by atoms with Gasteiger partial charge in [0.1, 0.15) is 11.4 Å². The Balaban J connectivity index is 2.32. The Kier molecular flexibility index (Phi) is 6.04. The predicted molar refractivity (Wildman–Crippen MR) is 105 cm³/mol. The average molecular weight is 425 g/mol. The van der Waals surface area contributed by atoms with E-state index in [1.54, 1.807) is 24.3 Å². The molecule has 3 rings (SSSR count). The zero-order valence-electron chi connectivity index (χ0n) is 15.7. The summed E-state index contributed by atoms with van der Waals surface area (Å²) >= 11 is 5.17. The van der Waals surface area contributed by atoms with E-state index in [1.165, 1.54) is 18.8 Å². The smallest absolute Gasteiger partial charge is 0.417 e. The van der Waals surface area contributed by atoms with E-state index < -0.39 is 22.7 Å². The third-order valence-corrected chi connectivity index (χ3v) is 4.69. The number of aryl methyl sites for hydroxylation is 1. The molecule has 6 nitrogen and oxygen atoms in total. The second kappa shape index (κ2) is 8.34. The van der Waals surface area contributed by atoms with E-state index in [-0.39, 0.29) is 22.7 Å². The van der Waals surface area contributed by atoms with Gasteiger partial charge in [0.25, 0.3) is 5.56 Å². The van der Waals surface area contributed by atoms with Gasteiger partial charge in [-0.3, -0.25) is 9.78 Å². The van der Waals surface area contributed by atoms with E-state index in [2.05, 4.69) is 9.97 Å². The van der Waals surface area contributed by atoms with Gasteiger partial charge in [-0.25, -0.2) is 4.98 Å². The molecule has 0 aliphatic heterocycles. The Morgan fingerprint density at radius 3 is 2.48 bits per heavy atom. The number of aromatic nitrogens is 3. The highest BCUT2D eigenvalue weighted by Gasteiger charge is 2.35. The van der Waals surface area contributed by atoms with Gasteiger partial charge in [0.2, 0.25) is 0 Å². The Bertz CT molecular complexity index is 1140. The lowest BCUT2D eigenvalue weighted by atomic mass is 10.1. The Labute approximate surface area is 168 Å². The number of aromatic amines is 1. The van der Waals surface area contributed by atoms with E-state index in [0.29, 0.717) is 24.3 Å². The minimum atomic E-state index is -4.75. The number of fused-ring (bicyclic) bond motifs is 1. The molecule has 10 heteroatoms. The van der Waals surface area contributed by atoms with E-state index in [0.717, 1.165) is 6.07 Å². The van der Waals surface area contributed by atoms with Crippen molar-refractivity contribution in [3.05, 3.63) is 51.0 Å². The molecular weight excluding hydrogens is 407 g/mol. The second-order valence-corrected chi connectivity index (χ2v) is 6.62. The summed E-state index contributed by atoms with van der Waals surface area (Å²) < 4.78 is 52.9. The van der Waals surface area contributed by atoms with Crippen LogP contribution in [0.25, 0.3) is 22.3 Å². The zero-order valence-corrected chi connectivity index (χ0v) is 16.5. The number of hydrogen-bond acceptors (Lipinski definition) is 5. The molecule has 0 aliphatic rings. The lowest BCUT2D eigenvalue weighted by molar-refractivity contribution is -0.136. The topological polar surface area (TPSA) is 69.1 Å². The molecule has 0 atom stereocenters. The fourth-order valence-corrected chi connectivity index (χ4v) is 3.25. The third kappa shape index (κ3) is 4.33. The molecule has 1 aromatic carbocycles. The van der Waals surface area contributed by atoms with E-state index in [4.69, 9.17) is 21.7 Å². The molecule has 29 heavy (non-hydrogen) atoms. The van der Waals surface area contributed by atoms with Crippen LogP contribution in [0.2, 0.25) is 0 Å². The van der Waals surface area contributed by atoms with Crippen molar-refractivity contribution in [2.75, 3.05) is 20.8 Å². The van der Waals surface area contributed by atoms with Crippen molar-refractivity contribution in [2.24, 2.45) is 0 Å². The maximum Gasteiger partial charge on any atom is 0.417 e. The van der Waals surface area contributed by atoms with Gasteiger partial charge in [0.15, 0.2) is 4.77 Å². The summed E-state index contributed by atoms with van der Waals surface area (Å²) in [7, 11) is 3.01. The number of nitrogens with one attached hydrogen (secondary N) is 1. The van der Waals surface area contributed by atoms with Crippen molar-refractivity contribution in [1.29, 1.82) is 0 Å². The van der Waals surface area contributed by atoms with E-state index >= 15 is 0 Å². The van der Waals surface area contributed by atoms with Crippen molar-refractivity contribution in [2.45, 2.75) is 19.1 Å². The number of benzene rings is 1. The molecule has 0 amide bonds. The van der Waals surface area contributed by atoms with Gasteiger partial charge in [0.05, 0.1) is 23.8 Å². The largest absolute Gasteiger partial charge is 0.497 e. The molecule has 2 aromatic heterocycles. The first-order valence-corrected chi connectivity index (χ1v) is 9.05. The monoisotopic (exact) mass is 425 g/mol. The number of rotatable bonds is 6. The first-order valence-electron chi connectivity index (χ1n) is 8.64. The number of pyridine rings is 1.